The predicted octanol–water partition coefficient (Wildman–Crippen LogP) is 2.32. The molecule has 2 heterocycles. The van der Waals surface area contributed by atoms with E-state index in [4.69, 9.17) is 14.4 Å². The number of anilines is 1. The molecule has 1 aliphatic heterocycles. The molecule has 17 heavy (non-hydrogen) atoms. The Morgan fingerprint density at radius 1 is 1.59 bits per heavy atom. The van der Waals surface area contributed by atoms with Gasteiger partial charge < -0.3 is 14.1 Å². The molecule has 2 aliphatic rings. The van der Waals surface area contributed by atoms with Crippen molar-refractivity contribution in [3.63, 3.8) is 0 Å². The molecule has 0 aromatic carbocycles. The van der Waals surface area contributed by atoms with Crippen molar-refractivity contribution in [2.45, 2.75) is 12.5 Å². The van der Waals surface area contributed by atoms with E-state index >= 15 is 0 Å². The smallest absolute Gasteiger partial charge is 0.248 e. The Morgan fingerprint density at radius 2 is 2.41 bits per heavy atom. The Balaban J connectivity index is 2.23. The minimum absolute atomic E-state index is 0.248. The van der Waals surface area contributed by atoms with E-state index in [0.29, 0.717) is 11.8 Å². The molecule has 3 rings (SSSR count). The molecular weight excluding hydrogens is 216 g/mol. The van der Waals surface area contributed by atoms with E-state index in [2.05, 4.69) is 11.0 Å². The Labute approximate surface area is 99.4 Å². The van der Waals surface area contributed by atoms with Gasteiger partial charge in [0.05, 0.1) is 13.2 Å². The highest BCUT2D eigenvalue weighted by molar-refractivity contribution is 5.90. The minimum atomic E-state index is 0.248. The fourth-order valence-electron chi connectivity index (χ4n) is 2.55. The lowest BCUT2D eigenvalue weighted by molar-refractivity contribution is 0.400. The number of fused-ring (bicyclic) bond motifs is 3. The van der Waals surface area contributed by atoms with E-state index in [-0.39, 0.29) is 5.76 Å². The van der Waals surface area contributed by atoms with Gasteiger partial charge in [-0.2, -0.15) is 5.26 Å². The zero-order chi connectivity index (χ0) is 12.0. The highest BCUT2D eigenvalue weighted by Gasteiger charge is 2.39. The van der Waals surface area contributed by atoms with Crippen LogP contribution in [-0.2, 0) is 0 Å². The van der Waals surface area contributed by atoms with Crippen molar-refractivity contribution in [3.05, 3.63) is 29.7 Å². The Morgan fingerprint density at radius 3 is 3.12 bits per heavy atom. The molecule has 4 heteroatoms. The fraction of sp³-hybridized carbons (Fsp3) is 0.308. The first kappa shape index (κ1) is 10.0. The normalized spacial score (nSPS) is 20.6. The average Bonchev–Trinajstić information content (AvgIpc) is 2.87. The molecule has 0 fully saturated rings. The predicted molar refractivity (Wildman–Crippen MR) is 63.9 cm³/mol. The summed E-state index contributed by atoms with van der Waals surface area (Å²) in [5, 5.41) is 9.01. The largest absolute Gasteiger partial charge is 0.490 e. The molecule has 1 aromatic rings. The molecule has 1 atom stereocenters. The number of nitrogens with zero attached hydrogens (tertiary/aromatic N) is 2. The molecule has 0 amide bonds. The van der Waals surface area contributed by atoms with Gasteiger partial charge in [-0.25, -0.2) is 0 Å². The van der Waals surface area contributed by atoms with E-state index in [0.717, 1.165) is 23.4 Å². The van der Waals surface area contributed by atoms with Crippen LogP contribution >= 0.6 is 0 Å². The van der Waals surface area contributed by atoms with Crippen molar-refractivity contribution < 1.29 is 9.15 Å². The maximum atomic E-state index is 9.01. The number of furan rings is 1. The molecule has 0 bridgehead atoms. The van der Waals surface area contributed by atoms with E-state index in [1.54, 1.807) is 7.11 Å². The van der Waals surface area contributed by atoms with Gasteiger partial charge in [-0.3, -0.25) is 0 Å². The van der Waals surface area contributed by atoms with Crippen LogP contribution in [0, 0.1) is 11.3 Å². The molecular formula is C13H12N2O2. The second kappa shape index (κ2) is 3.42. The SMILES string of the molecule is COc1c(C#N)oc2c1N(C)C1CC=CC=C21. The summed E-state index contributed by atoms with van der Waals surface area (Å²) in [7, 11) is 3.57. The summed E-state index contributed by atoms with van der Waals surface area (Å²) in [6, 6.07) is 2.33. The summed E-state index contributed by atoms with van der Waals surface area (Å²) in [5.41, 5.74) is 2.02. The third-order valence-corrected chi connectivity index (χ3v) is 3.36. The molecule has 4 nitrogen and oxygen atoms in total. The lowest BCUT2D eigenvalue weighted by atomic mass is 10.00. The number of hydrogen-bond acceptors (Lipinski definition) is 4. The summed E-state index contributed by atoms with van der Waals surface area (Å²) in [6.07, 6.45) is 7.15. The lowest BCUT2D eigenvalue weighted by Gasteiger charge is -2.23. The number of likely N-dealkylation sites (N-methyl/N-ethyl adjacent to an activating group) is 1. The lowest BCUT2D eigenvalue weighted by Crippen LogP contribution is -2.27. The number of nitriles is 1. The van der Waals surface area contributed by atoms with Crippen molar-refractivity contribution in [1.82, 2.24) is 0 Å². The molecule has 1 aromatic heterocycles. The second-order valence-electron chi connectivity index (χ2n) is 4.17. The molecule has 1 unspecified atom stereocenters. The van der Waals surface area contributed by atoms with Gasteiger partial charge in [-0.15, -0.1) is 0 Å². The van der Waals surface area contributed by atoms with Gasteiger partial charge >= 0.3 is 0 Å². The number of ether oxygens (including phenoxy) is 1. The zero-order valence-corrected chi connectivity index (χ0v) is 9.73. The Kier molecular flexibility index (Phi) is 2.02. The van der Waals surface area contributed by atoms with E-state index in [1.807, 2.05) is 25.3 Å². The first-order chi connectivity index (χ1) is 8.27. The number of allylic oxidation sites excluding steroid dienone is 2. The maximum absolute atomic E-state index is 9.01. The summed E-state index contributed by atoms with van der Waals surface area (Å²) >= 11 is 0. The molecule has 0 radical (unpaired) electrons. The average molecular weight is 228 g/mol. The second-order valence-corrected chi connectivity index (χ2v) is 4.17. The summed E-state index contributed by atoms with van der Waals surface area (Å²) < 4.78 is 10.9. The summed E-state index contributed by atoms with van der Waals surface area (Å²) in [5.74, 6) is 1.56. The monoisotopic (exact) mass is 228 g/mol. The number of rotatable bonds is 1. The molecule has 0 saturated heterocycles. The standard InChI is InChI=1S/C13H12N2O2/c1-15-9-6-4-3-5-8(9)12-11(15)13(16-2)10(7-14)17-12/h3-5,9H,6H2,1-2H3. The van der Waals surface area contributed by atoms with Crippen molar-refractivity contribution in [1.29, 1.82) is 5.26 Å². The van der Waals surface area contributed by atoms with Crippen LogP contribution in [-0.4, -0.2) is 20.2 Å². The quantitative estimate of drug-likeness (QED) is 0.740. The van der Waals surface area contributed by atoms with Crippen LogP contribution in [0.15, 0.2) is 22.6 Å². The molecule has 1 aliphatic carbocycles. The highest BCUT2D eigenvalue weighted by Crippen LogP contribution is 2.50. The Bertz CT molecular complexity index is 575. The van der Waals surface area contributed by atoms with E-state index in [1.165, 1.54) is 0 Å². The topological polar surface area (TPSA) is 49.4 Å². The molecule has 0 spiro atoms. The van der Waals surface area contributed by atoms with Gasteiger partial charge in [0.1, 0.15) is 11.8 Å². The van der Waals surface area contributed by atoms with Crippen LogP contribution in [0.3, 0.4) is 0 Å². The Hall–Kier alpha value is -2.15. The van der Waals surface area contributed by atoms with Gasteiger partial charge in [0.25, 0.3) is 0 Å². The van der Waals surface area contributed by atoms with Crippen LogP contribution in [0.2, 0.25) is 0 Å². The van der Waals surface area contributed by atoms with Crippen LogP contribution in [0.5, 0.6) is 5.75 Å². The highest BCUT2D eigenvalue weighted by atomic mass is 16.5. The van der Waals surface area contributed by atoms with Gasteiger partial charge in [0.15, 0.2) is 11.5 Å². The van der Waals surface area contributed by atoms with Gasteiger partial charge in [0.2, 0.25) is 5.76 Å². The van der Waals surface area contributed by atoms with E-state index in [9.17, 15) is 0 Å². The van der Waals surface area contributed by atoms with Crippen LogP contribution in [0.1, 0.15) is 17.9 Å². The van der Waals surface area contributed by atoms with Gasteiger partial charge in [-0.05, 0) is 6.42 Å². The zero-order valence-electron chi connectivity index (χ0n) is 9.73. The number of hydrogen-bond donors (Lipinski definition) is 0. The molecule has 86 valence electrons. The third kappa shape index (κ3) is 1.17. The fourth-order valence-corrected chi connectivity index (χ4v) is 2.55. The summed E-state index contributed by atoms with van der Waals surface area (Å²) in [6.45, 7) is 0. The van der Waals surface area contributed by atoms with Crippen LogP contribution in [0.25, 0.3) is 5.57 Å². The minimum Gasteiger partial charge on any atom is -0.490 e. The first-order valence-electron chi connectivity index (χ1n) is 5.48. The molecule has 0 saturated carbocycles. The van der Waals surface area contributed by atoms with Crippen molar-refractivity contribution in [2.75, 3.05) is 19.1 Å². The van der Waals surface area contributed by atoms with Crippen molar-refractivity contribution in [3.8, 4) is 11.8 Å². The van der Waals surface area contributed by atoms with E-state index < -0.39 is 0 Å². The molecule has 0 N–H and O–H groups in total. The van der Waals surface area contributed by atoms with Crippen molar-refractivity contribution in [2.24, 2.45) is 0 Å². The van der Waals surface area contributed by atoms with Gasteiger partial charge in [-0.1, -0.05) is 18.2 Å². The van der Waals surface area contributed by atoms with Crippen molar-refractivity contribution >= 4 is 11.3 Å². The van der Waals surface area contributed by atoms with Crippen LogP contribution < -0.4 is 9.64 Å². The van der Waals surface area contributed by atoms with Gasteiger partial charge in [0, 0.05) is 12.6 Å². The number of methoxy groups -OCH3 is 1. The third-order valence-electron chi connectivity index (χ3n) is 3.36. The maximum Gasteiger partial charge on any atom is 0.248 e. The van der Waals surface area contributed by atoms with Crippen LogP contribution in [0.4, 0.5) is 5.69 Å². The summed E-state index contributed by atoms with van der Waals surface area (Å²) in [4.78, 5) is 2.12. The first-order valence-corrected chi connectivity index (χ1v) is 5.48.